The van der Waals surface area contributed by atoms with Gasteiger partial charge in [-0.05, 0) is 0 Å². The largest absolute Gasteiger partial charge is 0.336 e. The number of aromatic nitrogens is 3. The van der Waals surface area contributed by atoms with Crippen LogP contribution < -0.4 is 5.84 Å². The Labute approximate surface area is 51.3 Å². The van der Waals surface area contributed by atoms with Crippen molar-refractivity contribution >= 4 is 17.6 Å². The summed E-state index contributed by atoms with van der Waals surface area (Å²) >= 11 is 4.53. The summed E-state index contributed by atoms with van der Waals surface area (Å²) in [5.41, 5.74) is 0. The van der Waals surface area contributed by atoms with Gasteiger partial charge < -0.3 is 5.84 Å². The van der Waals surface area contributed by atoms with Crippen molar-refractivity contribution in [2.24, 2.45) is 0 Å². The van der Waals surface area contributed by atoms with Gasteiger partial charge in [0.2, 0.25) is 0 Å². The molecule has 42 valence electrons. The van der Waals surface area contributed by atoms with Gasteiger partial charge >= 0.3 is 0 Å². The molecular weight excluding hydrogens is 124 g/mol. The van der Waals surface area contributed by atoms with Crippen molar-refractivity contribution in [2.45, 2.75) is 0 Å². The Kier molecular flexibility index (Phi) is 1.21. The van der Waals surface area contributed by atoms with Gasteiger partial charge in [-0.1, -0.05) is 12.2 Å². The zero-order chi connectivity index (χ0) is 5.98. The second kappa shape index (κ2) is 1.87. The van der Waals surface area contributed by atoms with Gasteiger partial charge in [-0.2, -0.15) is 0 Å². The Morgan fingerprint density at radius 2 is 2.62 bits per heavy atom. The Hall–Kier alpha value is -0.970. The summed E-state index contributed by atoms with van der Waals surface area (Å²) in [5.74, 6) is 5.74. The topological polar surface area (TPSA) is 56.7 Å². The maximum absolute atomic E-state index is 5.24. The van der Waals surface area contributed by atoms with Crippen molar-refractivity contribution < 1.29 is 0 Å². The van der Waals surface area contributed by atoms with E-state index in [1.807, 2.05) is 0 Å². The van der Waals surface area contributed by atoms with E-state index >= 15 is 0 Å². The maximum atomic E-state index is 5.24. The molecule has 1 aromatic rings. The Morgan fingerprint density at radius 3 is 2.88 bits per heavy atom. The second-order valence-electron chi connectivity index (χ2n) is 1.21. The summed E-state index contributed by atoms with van der Waals surface area (Å²) < 4.78 is 1.26. The van der Waals surface area contributed by atoms with E-state index in [1.165, 1.54) is 16.4 Å². The predicted octanol–water partition coefficient (Wildman–Crippen LogP) is -0.660. The van der Waals surface area contributed by atoms with Gasteiger partial charge in [-0.15, -0.1) is 10.2 Å². The van der Waals surface area contributed by atoms with Crippen molar-refractivity contribution in [3.05, 3.63) is 12.2 Å². The van der Waals surface area contributed by atoms with E-state index in [1.54, 1.807) is 0 Å². The lowest BCUT2D eigenvalue weighted by molar-refractivity contribution is 0.988. The minimum atomic E-state index is 0.500. The molecule has 0 unspecified atom stereocenters. The fourth-order valence-corrected chi connectivity index (χ4v) is 0.505. The predicted molar refractivity (Wildman–Crippen MR) is 32.9 cm³/mol. The molecule has 2 N–H and O–H groups in total. The lowest BCUT2D eigenvalue weighted by Crippen LogP contribution is -2.09. The van der Waals surface area contributed by atoms with Gasteiger partial charge in [0.25, 0.3) is 0 Å². The van der Waals surface area contributed by atoms with Gasteiger partial charge in [0.05, 0.1) is 0 Å². The highest BCUT2D eigenvalue weighted by Gasteiger charge is 1.91. The molecule has 1 heterocycles. The summed E-state index contributed by atoms with van der Waals surface area (Å²) in [6.45, 7) is 0. The van der Waals surface area contributed by atoms with E-state index in [2.05, 4.69) is 22.4 Å². The van der Waals surface area contributed by atoms with Crippen LogP contribution in [0.15, 0.2) is 6.33 Å². The minimum Gasteiger partial charge on any atom is -0.336 e. The van der Waals surface area contributed by atoms with E-state index in [0.29, 0.717) is 5.82 Å². The lowest BCUT2D eigenvalue weighted by Gasteiger charge is -1.86. The summed E-state index contributed by atoms with van der Waals surface area (Å²) in [4.78, 5) is 0. The molecule has 0 bridgehead atoms. The van der Waals surface area contributed by atoms with Gasteiger partial charge in [0, 0.05) is 5.37 Å². The molecule has 4 nitrogen and oxygen atoms in total. The average Bonchev–Trinajstić information content (AvgIpc) is 2.14. The third kappa shape index (κ3) is 0.671. The number of nitrogens with two attached hydrogens (primary N) is 1. The molecular formula is C3H4N4S. The van der Waals surface area contributed by atoms with E-state index in [0.717, 1.165) is 0 Å². The molecule has 1 aromatic heterocycles. The average molecular weight is 128 g/mol. The van der Waals surface area contributed by atoms with Crippen molar-refractivity contribution in [3.8, 4) is 0 Å². The van der Waals surface area contributed by atoms with E-state index < -0.39 is 0 Å². The maximum Gasteiger partial charge on any atom is 0.185 e. The highest BCUT2D eigenvalue weighted by atomic mass is 32.1. The molecule has 0 amide bonds. The Bertz CT molecular complexity index is 193. The SMILES string of the molecule is Nn1cnnc1C=S. The first kappa shape index (κ1) is 5.17. The first-order valence-corrected chi connectivity index (χ1v) is 2.42. The number of hydrogen-bond donors (Lipinski definition) is 1. The van der Waals surface area contributed by atoms with Gasteiger partial charge in [-0.3, -0.25) is 0 Å². The summed E-state index contributed by atoms with van der Waals surface area (Å²) in [6, 6.07) is 0. The van der Waals surface area contributed by atoms with Crippen LogP contribution in [0.25, 0.3) is 0 Å². The molecule has 0 aliphatic rings. The third-order valence-electron chi connectivity index (χ3n) is 0.706. The number of thiocarbonyl (C=S) groups is 1. The number of nitrogen functional groups attached to an aromatic ring is 1. The fourth-order valence-electron chi connectivity index (χ4n) is 0.336. The normalized spacial score (nSPS) is 9.00. The number of hydrogen-bond acceptors (Lipinski definition) is 4. The first-order valence-electron chi connectivity index (χ1n) is 1.95. The van der Waals surface area contributed by atoms with Crippen LogP contribution in [0.3, 0.4) is 0 Å². The van der Waals surface area contributed by atoms with E-state index in [4.69, 9.17) is 5.84 Å². The molecule has 8 heavy (non-hydrogen) atoms. The smallest absolute Gasteiger partial charge is 0.185 e. The van der Waals surface area contributed by atoms with E-state index in [-0.39, 0.29) is 0 Å². The first-order chi connectivity index (χ1) is 3.84. The monoisotopic (exact) mass is 128 g/mol. The minimum absolute atomic E-state index is 0.500. The van der Waals surface area contributed by atoms with Crippen LogP contribution in [0.4, 0.5) is 0 Å². The zero-order valence-electron chi connectivity index (χ0n) is 3.98. The summed E-state index contributed by atoms with van der Waals surface area (Å²) in [7, 11) is 0. The quantitative estimate of drug-likeness (QED) is 0.403. The van der Waals surface area contributed by atoms with Crippen LogP contribution in [-0.2, 0) is 0 Å². The fraction of sp³-hybridized carbons (Fsp3) is 0. The van der Waals surface area contributed by atoms with Crippen LogP contribution in [-0.4, -0.2) is 20.2 Å². The van der Waals surface area contributed by atoms with Crippen molar-refractivity contribution in [2.75, 3.05) is 5.84 Å². The lowest BCUT2D eigenvalue weighted by atomic mass is 10.7. The molecule has 1 rings (SSSR count). The molecule has 0 fully saturated rings. The highest BCUT2D eigenvalue weighted by molar-refractivity contribution is 7.79. The Balaban J connectivity index is 3.09. The molecule has 0 aromatic carbocycles. The van der Waals surface area contributed by atoms with Crippen LogP contribution >= 0.6 is 12.2 Å². The number of rotatable bonds is 1. The molecule has 0 saturated heterocycles. The van der Waals surface area contributed by atoms with Crippen molar-refractivity contribution in [1.82, 2.24) is 14.9 Å². The molecule has 0 aliphatic heterocycles. The van der Waals surface area contributed by atoms with Crippen LogP contribution in [0, 0.1) is 0 Å². The van der Waals surface area contributed by atoms with Crippen molar-refractivity contribution in [1.29, 1.82) is 0 Å². The van der Waals surface area contributed by atoms with Gasteiger partial charge in [0.15, 0.2) is 5.82 Å². The van der Waals surface area contributed by atoms with Gasteiger partial charge in [-0.25, -0.2) is 4.68 Å². The highest BCUT2D eigenvalue weighted by Crippen LogP contribution is 1.80. The van der Waals surface area contributed by atoms with E-state index in [9.17, 15) is 0 Å². The summed E-state index contributed by atoms with van der Waals surface area (Å²) in [5, 5.41) is 8.41. The number of nitrogens with zero attached hydrogens (tertiary/aromatic N) is 3. The molecule has 5 heteroatoms. The third-order valence-corrected chi connectivity index (χ3v) is 0.917. The standard InChI is InChI=1S/C3H4N4S/c4-7-2-5-6-3(7)1-8/h1-2H,4H2. The second-order valence-corrected chi connectivity index (χ2v) is 1.45. The molecule has 0 aliphatic carbocycles. The molecule has 0 saturated carbocycles. The zero-order valence-corrected chi connectivity index (χ0v) is 4.80. The van der Waals surface area contributed by atoms with Crippen LogP contribution in [0.2, 0.25) is 0 Å². The van der Waals surface area contributed by atoms with Crippen molar-refractivity contribution in [3.63, 3.8) is 0 Å². The molecule has 0 spiro atoms. The molecule has 0 atom stereocenters. The molecule has 0 radical (unpaired) electrons. The summed E-state index contributed by atoms with van der Waals surface area (Å²) in [6.07, 6.45) is 1.39. The Morgan fingerprint density at radius 1 is 1.88 bits per heavy atom. The van der Waals surface area contributed by atoms with Gasteiger partial charge in [0.1, 0.15) is 6.33 Å². The van der Waals surface area contributed by atoms with Crippen LogP contribution in [0.1, 0.15) is 5.82 Å². The van der Waals surface area contributed by atoms with Crippen LogP contribution in [0.5, 0.6) is 0 Å².